The van der Waals surface area contributed by atoms with E-state index in [1.54, 1.807) is 37.6 Å². The maximum atomic E-state index is 11.4. The van der Waals surface area contributed by atoms with E-state index in [1.807, 2.05) is 12.1 Å². The van der Waals surface area contributed by atoms with Crippen molar-refractivity contribution in [1.82, 2.24) is 9.78 Å². The van der Waals surface area contributed by atoms with Crippen LogP contribution < -0.4 is 15.0 Å². The Bertz CT molecular complexity index is 1070. The van der Waals surface area contributed by atoms with Gasteiger partial charge in [-0.15, -0.1) is 0 Å². The summed E-state index contributed by atoms with van der Waals surface area (Å²) in [6.07, 6.45) is 1.60. The number of carbonyl (C=O) groups excluding carboxylic acids is 1. The lowest BCUT2D eigenvalue weighted by molar-refractivity contribution is -0.306. The Hall–Kier alpha value is -3.17. The zero-order valence-electron chi connectivity index (χ0n) is 14.3. The van der Waals surface area contributed by atoms with Crippen molar-refractivity contribution in [3.63, 3.8) is 0 Å². The van der Waals surface area contributed by atoms with Crippen LogP contribution in [-0.2, 0) is 21.4 Å². The topological polar surface area (TPSA) is 127 Å². The van der Waals surface area contributed by atoms with Gasteiger partial charge in [0.25, 0.3) is 0 Å². The molecule has 0 aliphatic carbocycles. The lowest BCUT2D eigenvalue weighted by Crippen LogP contribution is -2.27. The number of nitrogens with two attached hydrogens (primary N) is 1. The van der Waals surface area contributed by atoms with Gasteiger partial charge in [-0.1, -0.05) is 24.3 Å². The number of primary sulfonamides is 1. The van der Waals surface area contributed by atoms with E-state index in [1.165, 1.54) is 16.8 Å². The van der Waals surface area contributed by atoms with Crippen molar-refractivity contribution in [1.29, 1.82) is 0 Å². The molecule has 27 heavy (non-hydrogen) atoms. The normalized spacial score (nSPS) is 11.3. The smallest absolute Gasteiger partial charge is 0.238 e. The molecule has 9 heteroatoms. The molecule has 2 aromatic carbocycles. The van der Waals surface area contributed by atoms with Gasteiger partial charge in [0.2, 0.25) is 10.0 Å². The predicted molar refractivity (Wildman–Crippen MR) is 96.0 cm³/mol. The molecule has 0 aliphatic rings. The van der Waals surface area contributed by atoms with Crippen molar-refractivity contribution in [2.75, 3.05) is 7.11 Å². The Balaban J connectivity index is 2.09. The first-order valence-corrected chi connectivity index (χ1v) is 9.37. The molecular weight excluding hydrogens is 370 g/mol. The molecule has 0 spiro atoms. The second-order valence-electron chi connectivity index (χ2n) is 5.76. The molecule has 3 rings (SSSR count). The summed E-state index contributed by atoms with van der Waals surface area (Å²) in [5, 5.41) is 20.4. The molecule has 1 heterocycles. The summed E-state index contributed by atoms with van der Waals surface area (Å²) in [5.41, 5.74) is 2.60. The van der Waals surface area contributed by atoms with Crippen LogP contribution in [0.2, 0.25) is 0 Å². The highest BCUT2D eigenvalue weighted by atomic mass is 32.2. The van der Waals surface area contributed by atoms with Crippen molar-refractivity contribution in [3.8, 4) is 28.1 Å². The number of aliphatic carboxylic acids is 1. The number of sulfonamides is 1. The van der Waals surface area contributed by atoms with E-state index >= 15 is 0 Å². The van der Waals surface area contributed by atoms with E-state index < -0.39 is 22.5 Å². The Morgan fingerprint density at radius 2 is 1.70 bits per heavy atom. The highest BCUT2D eigenvalue weighted by Crippen LogP contribution is 2.32. The van der Waals surface area contributed by atoms with Crippen LogP contribution in [-0.4, -0.2) is 31.3 Å². The maximum Gasteiger partial charge on any atom is 0.238 e. The molecule has 0 unspecified atom stereocenters. The number of aromatic nitrogens is 2. The minimum Gasteiger partial charge on any atom is -0.548 e. The Labute approximate surface area is 155 Å². The van der Waals surface area contributed by atoms with E-state index in [2.05, 4.69) is 5.10 Å². The van der Waals surface area contributed by atoms with Crippen molar-refractivity contribution in [2.24, 2.45) is 5.14 Å². The molecule has 0 atom stereocenters. The fourth-order valence-electron chi connectivity index (χ4n) is 2.63. The van der Waals surface area contributed by atoms with Gasteiger partial charge in [0.1, 0.15) is 11.4 Å². The molecule has 0 bridgehead atoms. The van der Waals surface area contributed by atoms with Crippen LogP contribution in [0.1, 0.15) is 0 Å². The minimum atomic E-state index is -3.81. The summed E-state index contributed by atoms with van der Waals surface area (Å²) in [7, 11) is -2.25. The monoisotopic (exact) mass is 386 g/mol. The number of benzene rings is 2. The number of rotatable bonds is 6. The number of methoxy groups -OCH3 is 1. The molecule has 2 N–H and O–H groups in total. The molecule has 0 fully saturated rings. The third-order valence-corrected chi connectivity index (χ3v) is 4.84. The second kappa shape index (κ2) is 7.22. The summed E-state index contributed by atoms with van der Waals surface area (Å²) in [6.45, 7) is -0.404. The molecule has 0 radical (unpaired) electrons. The van der Waals surface area contributed by atoms with Gasteiger partial charge < -0.3 is 14.6 Å². The average Bonchev–Trinajstić information content (AvgIpc) is 3.04. The maximum absolute atomic E-state index is 11.4. The molecule has 8 nitrogen and oxygen atoms in total. The summed E-state index contributed by atoms with van der Waals surface area (Å²) >= 11 is 0. The van der Waals surface area contributed by atoms with Gasteiger partial charge in [-0.3, -0.25) is 4.68 Å². The van der Waals surface area contributed by atoms with Gasteiger partial charge in [-0.2, -0.15) is 5.10 Å². The van der Waals surface area contributed by atoms with Gasteiger partial charge in [0, 0.05) is 17.3 Å². The van der Waals surface area contributed by atoms with Crippen LogP contribution in [0.15, 0.2) is 59.6 Å². The van der Waals surface area contributed by atoms with Crippen LogP contribution in [0.5, 0.6) is 5.75 Å². The highest BCUT2D eigenvalue weighted by Gasteiger charge is 2.15. The van der Waals surface area contributed by atoms with Gasteiger partial charge in [0.15, 0.2) is 0 Å². The van der Waals surface area contributed by atoms with Crippen LogP contribution in [0.3, 0.4) is 0 Å². The van der Waals surface area contributed by atoms with E-state index in [-0.39, 0.29) is 4.90 Å². The van der Waals surface area contributed by atoms with E-state index in [4.69, 9.17) is 9.88 Å². The first kappa shape index (κ1) is 18.6. The third kappa shape index (κ3) is 4.15. The Kier molecular flexibility index (Phi) is 4.98. The fraction of sp³-hybridized carbons (Fsp3) is 0.111. The first-order chi connectivity index (χ1) is 12.8. The van der Waals surface area contributed by atoms with Gasteiger partial charge in [-0.25, -0.2) is 13.6 Å². The SMILES string of the molecule is COc1ccc(-c2cn(CC(=O)[O-])nc2-c2ccc(S(N)(=O)=O)cc2)cc1. The number of hydrogen-bond donors (Lipinski definition) is 1. The van der Waals surface area contributed by atoms with Gasteiger partial charge in [-0.05, 0) is 29.8 Å². The van der Waals surface area contributed by atoms with E-state index in [0.717, 1.165) is 5.56 Å². The summed E-state index contributed by atoms with van der Waals surface area (Å²) in [4.78, 5) is 10.9. The van der Waals surface area contributed by atoms with Gasteiger partial charge >= 0.3 is 0 Å². The standard InChI is InChI=1S/C18H17N3O5S/c1-26-14-6-2-12(3-7-14)16-10-21(11-17(22)23)20-18(16)13-4-8-15(9-5-13)27(19,24)25/h2-10H,11H2,1H3,(H,22,23)(H2,19,24,25)/p-1. The summed E-state index contributed by atoms with van der Waals surface area (Å²) < 4.78 is 29.3. The molecule has 140 valence electrons. The molecule has 0 aliphatic heterocycles. The van der Waals surface area contributed by atoms with Crippen molar-refractivity contribution >= 4 is 16.0 Å². The van der Waals surface area contributed by atoms with Crippen molar-refractivity contribution in [2.45, 2.75) is 11.4 Å². The molecule has 0 saturated carbocycles. The third-order valence-electron chi connectivity index (χ3n) is 3.91. The summed E-state index contributed by atoms with van der Waals surface area (Å²) in [6, 6.07) is 13.1. The zero-order chi connectivity index (χ0) is 19.6. The lowest BCUT2D eigenvalue weighted by Gasteiger charge is -2.05. The van der Waals surface area contributed by atoms with Crippen LogP contribution >= 0.6 is 0 Å². The largest absolute Gasteiger partial charge is 0.548 e. The summed E-state index contributed by atoms with van der Waals surface area (Å²) in [5.74, 6) is -0.588. The number of carboxylic acids is 1. The number of nitrogens with zero attached hydrogens (tertiary/aromatic N) is 2. The van der Waals surface area contributed by atoms with E-state index in [0.29, 0.717) is 22.6 Å². The Morgan fingerprint density at radius 3 is 2.22 bits per heavy atom. The molecular formula is C18H16N3O5S-. The number of carbonyl (C=O) groups is 1. The van der Waals surface area contributed by atoms with Crippen LogP contribution in [0.25, 0.3) is 22.4 Å². The molecule has 0 saturated heterocycles. The second-order valence-corrected chi connectivity index (χ2v) is 7.32. The first-order valence-electron chi connectivity index (χ1n) is 7.83. The zero-order valence-corrected chi connectivity index (χ0v) is 15.1. The number of carboxylic acid groups (broad SMARTS) is 1. The minimum absolute atomic E-state index is 0.0218. The van der Waals surface area contributed by atoms with Crippen LogP contribution in [0.4, 0.5) is 0 Å². The van der Waals surface area contributed by atoms with E-state index in [9.17, 15) is 18.3 Å². The highest BCUT2D eigenvalue weighted by molar-refractivity contribution is 7.89. The average molecular weight is 386 g/mol. The quantitative estimate of drug-likeness (QED) is 0.662. The predicted octanol–water partition coefficient (Wildman–Crippen LogP) is 0.623. The van der Waals surface area contributed by atoms with Crippen molar-refractivity contribution < 1.29 is 23.1 Å². The molecule has 1 aromatic heterocycles. The molecule has 3 aromatic rings. The lowest BCUT2D eigenvalue weighted by atomic mass is 10.0. The molecule has 0 amide bonds. The van der Waals surface area contributed by atoms with Gasteiger partial charge in [0.05, 0.1) is 24.5 Å². The Morgan fingerprint density at radius 1 is 1.11 bits per heavy atom. The van der Waals surface area contributed by atoms with Crippen LogP contribution in [0, 0.1) is 0 Å². The number of ether oxygens (including phenoxy) is 1. The number of hydrogen-bond acceptors (Lipinski definition) is 6. The van der Waals surface area contributed by atoms with Crippen molar-refractivity contribution in [3.05, 3.63) is 54.7 Å². The fourth-order valence-corrected chi connectivity index (χ4v) is 3.15.